The van der Waals surface area contributed by atoms with Gasteiger partial charge in [-0.2, -0.15) is 0 Å². The number of nitrogens with one attached hydrogen (secondary N) is 1. The summed E-state index contributed by atoms with van der Waals surface area (Å²) in [5.74, 6) is 0.00251. The third kappa shape index (κ3) is 3.54. The van der Waals surface area contributed by atoms with E-state index >= 15 is 0 Å². The molecule has 1 amide bonds. The molecule has 0 aliphatic carbocycles. The molecule has 0 unspecified atom stereocenters. The van der Waals surface area contributed by atoms with Crippen molar-refractivity contribution >= 4 is 5.91 Å². The van der Waals surface area contributed by atoms with Gasteiger partial charge in [-0.25, -0.2) is 0 Å². The van der Waals surface area contributed by atoms with Crippen molar-refractivity contribution in [1.82, 2.24) is 9.88 Å². The largest absolute Gasteiger partial charge is 0.349 e. The quantitative estimate of drug-likeness (QED) is 0.914. The summed E-state index contributed by atoms with van der Waals surface area (Å²) in [7, 11) is 0. The van der Waals surface area contributed by atoms with Crippen LogP contribution >= 0.6 is 0 Å². The summed E-state index contributed by atoms with van der Waals surface area (Å²) < 4.78 is 2.09. The van der Waals surface area contributed by atoms with E-state index in [1.54, 1.807) is 0 Å². The molecule has 1 aromatic carbocycles. The lowest BCUT2D eigenvalue weighted by Gasteiger charge is -2.14. The van der Waals surface area contributed by atoms with E-state index in [4.69, 9.17) is 0 Å². The maximum absolute atomic E-state index is 12.4. The molecule has 0 spiro atoms. The van der Waals surface area contributed by atoms with Crippen molar-refractivity contribution < 1.29 is 4.79 Å². The number of rotatable bonds is 4. The predicted molar refractivity (Wildman–Crippen MR) is 86.8 cm³/mol. The molecule has 3 nitrogen and oxygen atoms in total. The van der Waals surface area contributed by atoms with Gasteiger partial charge in [-0.05, 0) is 51.8 Å². The fourth-order valence-corrected chi connectivity index (χ4v) is 2.56. The van der Waals surface area contributed by atoms with Gasteiger partial charge in [-0.1, -0.05) is 29.8 Å². The van der Waals surface area contributed by atoms with Crippen LogP contribution in [0.2, 0.25) is 0 Å². The Kier molecular flexibility index (Phi) is 4.51. The van der Waals surface area contributed by atoms with Crippen LogP contribution in [0.25, 0.3) is 0 Å². The van der Waals surface area contributed by atoms with Gasteiger partial charge in [0.05, 0.1) is 0 Å². The van der Waals surface area contributed by atoms with Crippen LogP contribution in [0.1, 0.15) is 46.7 Å². The van der Waals surface area contributed by atoms with Crippen LogP contribution in [0.5, 0.6) is 0 Å². The minimum atomic E-state index is 0.00251. The van der Waals surface area contributed by atoms with Crippen LogP contribution in [0.15, 0.2) is 30.3 Å². The first-order chi connectivity index (χ1) is 9.88. The molecule has 0 atom stereocenters. The summed E-state index contributed by atoms with van der Waals surface area (Å²) in [6.45, 7) is 10.8. The fraction of sp³-hybridized carbons (Fsp3) is 0.389. The number of carbonyl (C=O) groups is 1. The maximum Gasteiger partial charge on any atom is 0.268 e. The zero-order valence-corrected chi connectivity index (χ0v) is 13.5. The molecule has 1 N–H and O–H groups in total. The Hall–Kier alpha value is -2.03. The normalized spacial score (nSPS) is 11.0. The number of hydrogen-bond donors (Lipinski definition) is 1. The molecule has 0 fully saturated rings. The van der Waals surface area contributed by atoms with Crippen LogP contribution in [0.4, 0.5) is 0 Å². The number of carbonyl (C=O) groups excluding carboxylic acids is 1. The van der Waals surface area contributed by atoms with E-state index in [0.717, 1.165) is 23.5 Å². The van der Waals surface area contributed by atoms with Crippen LogP contribution in [0, 0.1) is 20.8 Å². The molecule has 2 rings (SSSR count). The molecule has 0 aliphatic heterocycles. The first-order valence-electron chi connectivity index (χ1n) is 7.41. The van der Waals surface area contributed by atoms with Gasteiger partial charge in [0, 0.05) is 18.3 Å². The summed E-state index contributed by atoms with van der Waals surface area (Å²) in [6, 6.07) is 10.7. The summed E-state index contributed by atoms with van der Waals surface area (Å²) in [5, 5.41) is 2.99. The van der Waals surface area contributed by atoms with Crippen molar-refractivity contribution in [2.75, 3.05) is 0 Å². The SMILES string of the molecule is Cc1ccc(Cn2c(C)cc(C)c2C(=O)NC(C)C)cc1. The van der Waals surface area contributed by atoms with E-state index in [2.05, 4.69) is 47.1 Å². The molecule has 1 heterocycles. The van der Waals surface area contributed by atoms with E-state index in [1.165, 1.54) is 11.1 Å². The Morgan fingerprint density at radius 3 is 2.33 bits per heavy atom. The standard InChI is InChI=1S/C18H24N2O/c1-12(2)19-18(21)17-14(4)10-15(5)20(17)11-16-8-6-13(3)7-9-16/h6-10,12H,11H2,1-5H3,(H,19,21). The molecule has 0 aliphatic rings. The molecular weight excluding hydrogens is 260 g/mol. The Labute approximate surface area is 127 Å². The van der Waals surface area contributed by atoms with Gasteiger partial charge in [0.1, 0.15) is 5.69 Å². The molecule has 112 valence electrons. The van der Waals surface area contributed by atoms with Crippen molar-refractivity contribution in [1.29, 1.82) is 0 Å². The van der Waals surface area contributed by atoms with Gasteiger partial charge in [0.15, 0.2) is 0 Å². The van der Waals surface area contributed by atoms with Gasteiger partial charge >= 0.3 is 0 Å². The van der Waals surface area contributed by atoms with Crippen molar-refractivity contribution in [2.45, 2.75) is 47.2 Å². The highest BCUT2D eigenvalue weighted by Crippen LogP contribution is 2.17. The molecule has 1 aromatic heterocycles. The van der Waals surface area contributed by atoms with Crippen LogP contribution < -0.4 is 5.32 Å². The van der Waals surface area contributed by atoms with E-state index in [1.807, 2.05) is 27.7 Å². The number of benzene rings is 1. The first-order valence-corrected chi connectivity index (χ1v) is 7.41. The second-order valence-electron chi connectivity index (χ2n) is 6.02. The van der Waals surface area contributed by atoms with Crippen molar-refractivity contribution in [3.05, 3.63) is 58.4 Å². The zero-order chi connectivity index (χ0) is 15.6. The van der Waals surface area contributed by atoms with E-state index in [9.17, 15) is 4.79 Å². The molecule has 0 saturated carbocycles. The highest BCUT2D eigenvalue weighted by molar-refractivity contribution is 5.94. The van der Waals surface area contributed by atoms with Gasteiger partial charge in [-0.3, -0.25) is 4.79 Å². The monoisotopic (exact) mass is 284 g/mol. The molecule has 21 heavy (non-hydrogen) atoms. The van der Waals surface area contributed by atoms with E-state index < -0.39 is 0 Å². The lowest BCUT2D eigenvalue weighted by molar-refractivity contribution is 0.0933. The fourth-order valence-electron chi connectivity index (χ4n) is 2.56. The first kappa shape index (κ1) is 15.4. The summed E-state index contributed by atoms with van der Waals surface area (Å²) in [5.41, 5.74) is 5.36. The van der Waals surface area contributed by atoms with Crippen molar-refractivity contribution in [3.8, 4) is 0 Å². The summed E-state index contributed by atoms with van der Waals surface area (Å²) in [6.07, 6.45) is 0. The van der Waals surface area contributed by atoms with Gasteiger partial charge in [-0.15, -0.1) is 0 Å². The minimum Gasteiger partial charge on any atom is -0.349 e. The van der Waals surface area contributed by atoms with Crippen LogP contribution in [-0.2, 0) is 6.54 Å². The van der Waals surface area contributed by atoms with Crippen LogP contribution in [-0.4, -0.2) is 16.5 Å². The summed E-state index contributed by atoms with van der Waals surface area (Å²) >= 11 is 0. The van der Waals surface area contributed by atoms with Crippen LogP contribution in [0.3, 0.4) is 0 Å². The number of aryl methyl sites for hydroxylation is 3. The minimum absolute atomic E-state index is 0.00251. The molecule has 3 heteroatoms. The average Bonchev–Trinajstić information content (AvgIpc) is 2.66. The Morgan fingerprint density at radius 1 is 1.14 bits per heavy atom. The lowest BCUT2D eigenvalue weighted by Crippen LogP contribution is -2.32. The average molecular weight is 284 g/mol. The van der Waals surface area contributed by atoms with Gasteiger partial charge < -0.3 is 9.88 Å². The van der Waals surface area contributed by atoms with Gasteiger partial charge in [0.25, 0.3) is 5.91 Å². The maximum atomic E-state index is 12.4. The third-order valence-corrected chi connectivity index (χ3v) is 3.59. The second kappa shape index (κ2) is 6.17. The highest BCUT2D eigenvalue weighted by atomic mass is 16.2. The number of amides is 1. The smallest absolute Gasteiger partial charge is 0.268 e. The topological polar surface area (TPSA) is 34.0 Å². The second-order valence-corrected chi connectivity index (χ2v) is 6.02. The Bertz CT molecular complexity index is 636. The summed E-state index contributed by atoms with van der Waals surface area (Å²) in [4.78, 5) is 12.4. The Balaban J connectivity index is 2.34. The van der Waals surface area contributed by atoms with Crippen molar-refractivity contribution in [2.24, 2.45) is 0 Å². The zero-order valence-electron chi connectivity index (χ0n) is 13.5. The van der Waals surface area contributed by atoms with E-state index in [0.29, 0.717) is 0 Å². The molecule has 0 bridgehead atoms. The third-order valence-electron chi connectivity index (χ3n) is 3.59. The highest BCUT2D eigenvalue weighted by Gasteiger charge is 2.18. The predicted octanol–water partition coefficient (Wildman–Crippen LogP) is 3.60. The molecule has 2 aromatic rings. The molecule has 0 radical (unpaired) electrons. The van der Waals surface area contributed by atoms with Gasteiger partial charge in [0.2, 0.25) is 0 Å². The number of nitrogens with zero attached hydrogens (tertiary/aromatic N) is 1. The molecular formula is C18H24N2O. The number of hydrogen-bond acceptors (Lipinski definition) is 1. The number of aromatic nitrogens is 1. The van der Waals surface area contributed by atoms with E-state index in [-0.39, 0.29) is 11.9 Å². The molecule has 0 saturated heterocycles. The van der Waals surface area contributed by atoms with Crippen molar-refractivity contribution in [3.63, 3.8) is 0 Å². The Morgan fingerprint density at radius 2 is 1.76 bits per heavy atom. The lowest BCUT2D eigenvalue weighted by atomic mass is 10.1.